The topological polar surface area (TPSA) is 29.9 Å². The van der Waals surface area contributed by atoms with E-state index >= 15 is 0 Å². The molecule has 0 atom stereocenters. The first-order valence-electron chi connectivity index (χ1n) is 7.57. The van der Waals surface area contributed by atoms with E-state index in [-0.39, 0.29) is 0 Å². The van der Waals surface area contributed by atoms with Crippen molar-refractivity contribution >= 4 is 15.9 Å². The minimum absolute atomic E-state index is 0.498. The summed E-state index contributed by atoms with van der Waals surface area (Å²) in [6, 6.07) is 0. The molecule has 0 aromatic carbocycles. The van der Waals surface area contributed by atoms with Crippen molar-refractivity contribution in [3.05, 3.63) is 15.9 Å². The lowest BCUT2D eigenvalue weighted by Gasteiger charge is -2.47. The smallest absolute Gasteiger partial charge is 0.0766 e. The molecule has 1 N–H and O–H groups in total. The van der Waals surface area contributed by atoms with Gasteiger partial charge in [0.1, 0.15) is 0 Å². The molecular formula is C15H24BrN3. The molecule has 1 saturated carbocycles. The van der Waals surface area contributed by atoms with Crippen molar-refractivity contribution in [1.29, 1.82) is 0 Å². The molecule has 106 valence electrons. The Balaban J connectivity index is 1.85. The van der Waals surface area contributed by atoms with Crippen molar-refractivity contribution in [3.63, 3.8) is 0 Å². The fraction of sp³-hybridized carbons (Fsp3) is 0.800. The summed E-state index contributed by atoms with van der Waals surface area (Å²) < 4.78 is 3.35. The maximum atomic E-state index is 4.65. The second-order valence-corrected chi connectivity index (χ2v) is 7.10. The van der Waals surface area contributed by atoms with Gasteiger partial charge in [-0.1, -0.05) is 19.8 Å². The Morgan fingerprint density at radius 1 is 1.37 bits per heavy atom. The summed E-state index contributed by atoms with van der Waals surface area (Å²) in [4.78, 5) is 0. The number of aromatic nitrogens is 2. The lowest BCUT2D eigenvalue weighted by molar-refractivity contribution is 0.0786. The van der Waals surface area contributed by atoms with Crippen LogP contribution in [0.4, 0.5) is 0 Å². The maximum absolute atomic E-state index is 4.65. The Bertz CT molecular complexity index is 456. The van der Waals surface area contributed by atoms with Crippen molar-refractivity contribution in [3.8, 4) is 0 Å². The zero-order valence-electron chi connectivity index (χ0n) is 12.0. The number of aryl methyl sites for hydroxylation is 2. The largest absolute Gasteiger partial charge is 0.315 e. The molecule has 1 aromatic heterocycles. The van der Waals surface area contributed by atoms with Gasteiger partial charge in [-0.3, -0.25) is 4.68 Å². The minimum atomic E-state index is 0.498. The molecular weight excluding hydrogens is 302 g/mol. The SMILES string of the molecule is CCc1nn(C)c(CC2(C3CCCC3)CNC2)c1Br. The van der Waals surface area contributed by atoms with Gasteiger partial charge in [0.2, 0.25) is 0 Å². The lowest BCUT2D eigenvalue weighted by atomic mass is 9.67. The zero-order valence-corrected chi connectivity index (χ0v) is 13.6. The summed E-state index contributed by atoms with van der Waals surface area (Å²) in [7, 11) is 2.09. The lowest BCUT2D eigenvalue weighted by Crippen LogP contribution is -2.58. The van der Waals surface area contributed by atoms with Gasteiger partial charge >= 0.3 is 0 Å². The van der Waals surface area contributed by atoms with E-state index in [4.69, 9.17) is 0 Å². The normalized spacial score (nSPS) is 22.7. The van der Waals surface area contributed by atoms with Crippen LogP contribution in [-0.2, 0) is 19.9 Å². The van der Waals surface area contributed by atoms with Crippen LogP contribution in [0.5, 0.6) is 0 Å². The fourth-order valence-electron chi connectivity index (χ4n) is 3.89. The highest BCUT2D eigenvalue weighted by Gasteiger charge is 2.45. The van der Waals surface area contributed by atoms with Crippen LogP contribution in [0.25, 0.3) is 0 Å². The average Bonchev–Trinajstić information content (AvgIpc) is 2.95. The molecule has 1 aromatic rings. The molecule has 0 bridgehead atoms. The van der Waals surface area contributed by atoms with Gasteiger partial charge in [0, 0.05) is 25.6 Å². The molecule has 2 aliphatic rings. The minimum Gasteiger partial charge on any atom is -0.315 e. The molecule has 0 amide bonds. The standard InChI is InChI=1S/C15H24BrN3/c1-3-12-14(16)13(19(2)18-12)8-15(9-17-10-15)11-6-4-5-7-11/h11,17H,3-10H2,1-2H3. The summed E-state index contributed by atoms with van der Waals surface area (Å²) in [5.74, 6) is 0.917. The van der Waals surface area contributed by atoms with Crippen molar-refractivity contribution in [2.24, 2.45) is 18.4 Å². The van der Waals surface area contributed by atoms with Gasteiger partial charge in [0.15, 0.2) is 0 Å². The number of rotatable bonds is 4. The van der Waals surface area contributed by atoms with Gasteiger partial charge in [-0.2, -0.15) is 5.10 Å². The summed E-state index contributed by atoms with van der Waals surface area (Å²) in [6.07, 6.45) is 7.89. The molecule has 0 radical (unpaired) electrons. The second-order valence-electron chi connectivity index (χ2n) is 6.31. The van der Waals surface area contributed by atoms with Gasteiger partial charge in [-0.15, -0.1) is 0 Å². The van der Waals surface area contributed by atoms with E-state index in [1.807, 2.05) is 0 Å². The predicted octanol–water partition coefficient (Wildman–Crippen LogP) is 3.07. The van der Waals surface area contributed by atoms with E-state index in [1.165, 1.54) is 61.1 Å². The summed E-state index contributed by atoms with van der Waals surface area (Å²) in [6.45, 7) is 4.56. The van der Waals surface area contributed by atoms with Crippen LogP contribution >= 0.6 is 15.9 Å². The molecule has 3 rings (SSSR count). The van der Waals surface area contributed by atoms with Crippen LogP contribution < -0.4 is 5.32 Å². The van der Waals surface area contributed by atoms with Gasteiger partial charge in [-0.05, 0) is 47.5 Å². The number of nitrogens with one attached hydrogen (secondary N) is 1. The Hall–Kier alpha value is -0.350. The first-order valence-corrected chi connectivity index (χ1v) is 8.36. The van der Waals surface area contributed by atoms with Crippen LogP contribution in [0, 0.1) is 11.3 Å². The highest BCUT2D eigenvalue weighted by molar-refractivity contribution is 9.10. The third-order valence-electron chi connectivity index (χ3n) is 5.20. The Labute approximate surface area is 124 Å². The molecule has 19 heavy (non-hydrogen) atoms. The Morgan fingerprint density at radius 2 is 2.05 bits per heavy atom. The van der Waals surface area contributed by atoms with Crippen molar-refractivity contribution in [2.75, 3.05) is 13.1 Å². The third kappa shape index (κ3) is 2.27. The van der Waals surface area contributed by atoms with Gasteiger partial charge in [-0.25, -0.2) is 0 Å². The van der Waals surface area contributed by atoms with E-state index in [2.05, 4.69) is 45.0 Å². The van der Waals surface area contributed by atoms with E-state index in [1.54, 1.807) is 0 Å². The highest BCUT2D eigenvalue weighted by atomic mass is 79.9. The van der Waals surface area contributed by atoms with Crippen LogP contribution in [-0.4, -0.2) is 22.9 Å². The highest BCUT2D eigenvalue weighted by Crippen LogP contribution is 2.45. The van der Waals surface area contributed by atoms with Gasteiger partial charge < -0.3 is 5.32 Å². The van der Waals surface area contributed by atoms with Crippen molar-refractivity contribution in [1.82, 2.24) is 15.1 Å². The number of hydrogen-bond donors (Lipinski definition) is 1. The average molecular weight is 326 g/mol. The van der Waals surface area contributed by atoms with Crippen molar-refractivity contribution < 1.29 is 0 Å². The molecule has 1 aliphatic heterocycles. The maximum Gasteiger partial charge on any atom is 0.0766 e. The van der Waals surface area contributed by atoms with E-state index < -0.39 is 0 Å². The molecule has 0 spiro atoms. The molecule has 3 nitrogen and oxygen atoms in total. The van der Waals surface area contributed by atoms with Crippen LogP contribution in [0.3, 0.4) is 0 Å². The molecule has 1 saturated heterocycles. The summed E-state index contributed by atoms with van der Waals surface area (Å²) in [5.41, 5.74) is 3.09. The van der Waals surface area contributed by atoms with E-state index in [0.29, 0.717) is 5.41 Å². The van der Waals surface area contributed by atoms with Crippen LogP contribution in [0.15, 0.2) is 4.47 Å². The predicted molar refractivity (Wildman–Crippen MR) is 81.3 cm³/mol. The Kier molecular flexibility index (Phi) is 3.73. The van der Waals surface area contributed by atoms with E-state index in [9.17, 15) is 0 Å². The quantitative estimate of drug-likeness (QED) is 0.922. The number of hydrogen-bond acceptors (Lipinski definition) is 2. The van der Waals surface area contributed by atoms with Gasteiger partial charge in [0.25, 0.3) is 0 Å². The second kappa shape index (κ2) is 5.21. The van der Waals surface area contributed by atoms with E-state index in [0.717, 1.165) is 12.3 Å². The third-order valence-corrected chi connectivity index (χ3v) is 6.11. The molecule has 2 fully saturated rings. The molecule has 1 aliphatic carbocycles. The molecule has 4 heteroatoms. The zero-order chi connectivity index (χ0) is 13.5. The van der Waals surface area contributed by atoms with Crippen LogP contribution in [0.1, 0.15) is 44.0 Å². The Morgan fingerprint density at radius 3 is 2.53 bits per heavy atom. The fourth-order valence-corrected chi connectivity index (χ4v) is 4.64. The number of halogens is 1. The molecule has 0 unspecified atom stereocenters. The first kappa shape index (κ1) is 13.6. The van der Waals surface area contributed by atoms with Gasteiger partial charge in [0.05, 0.1) is 15.9 Å². The van der Waals surface area contributed by atoms with Crippen LogP contribution in [0.2, 0.25) is 0 Å². The molecule has 2 heterocycles. The first-order chi connectivity index (χ1) is 9.16. The summed E-state index contributed by atoms with van der Waals surface area (Å²) >= 11 is 3.77. The van der Waals surface area contributed by atoms with Crippen molar-refractivity contribution in [2.45, 2.75) is 45.4 Å². The summed E-state index contributed by atoms with van der Waals surface area (Å²) in [5, 5.41) is 8.16. The number of nitrogens with zero attached hydrogens (tertiary/aromatic N) is 2. The monoisotopic (exact) mass is 325 g/mol.